The van der Waals surface area contributed by atoms with Gasteiger partial charge in [-0.05, 0) is 67.7 Å². The van der Waals surface area contributed by atoms with E-state index in [0.29, 0.717) is 53.4 Å². The van der Waals surface area contributed by atoms with Gasteiger partial charge in [-0.3, -0.25) is 9.69 Å². The number of benzene rings is 2. The normalized spacial score (nSPS) is 18.5. The van der Waals surface area contributed by atoms with Crippen molar-refractivity contribution in [3.8, 4) is 0 Å². The summed E-state index contributed by atoms with van der Waals surface area (Å²) in [6.45, 7) is 12.0. The Morgan fingerprint density at radius 1 is 1.05 bits per heavy atom. The number of carbonyl (C=O) groups is 1. The second-order valence-corrected chi connectivity index (χ2v) is 12.8. The van der Waals surface area contributed by atoms with Gasteiger partial charge in [0, 0.05) is 31.7 Å². The van der Waals surface area contributed by atoms with E-state index < -0.39 is 15.8 Å². The first kappa shape index (κ1) is 30.4. The molecular weight excluding hydrogens is 547 g/mol. The van der Waals surface area contributed by atoms with Gasteiger partial charge in [0.2, 0.25) is 10.0 Å². The van der Waals surface area contributed by atoms with Crippen molar-refractivity contribution in [2.75, 3.05) is 44.2 Å². The van der Waals surface area contributed by atoms with Gasteiger partial charge in [0.05, 0.1) is 9.60 Å². The van der Waals surface area contributed by atoms with E-state index in [4.69, 9.17) is 0 Å². The SMILES string of the molecule is CCN(CC)CCN(C(=O)c1ccc(S(=O)(=O)N2CC(C)CC(C)C2)cc1)c1nc2c(F)cccc2s1.Cl. The van der Waals surface area contributed by atoms with Crippen molar-refractivity contribution in [1.82, 2.24) is 14.2 Å². The van der Waals surface area contributed by atoms with Crippen LogP contribution in [0, 0.1) is 17.7 Å². The number of para-hydroxylation sites is 1. The van der Waals surface area contributed by atoms with Crippen LogP contribution in [0.3, 0.4) is 0 Å². The summed E-state index contributed by atoms with van der Waals surface area (Å²) in [5.74, 6) is -0.113. The number of likely N-dealkylation sites (N-methyl/N-ethyl adjacent to an activating group) is 1. The largest absolute Gasteiger partial charge is 0.302 e. The van der Waals surface area contributed by atoms with Crippen LogP contribution in [0.25, 0.3) is 10.2 Å². The van der Waals surface area contributed by atoms with E-state index in [1.807, 2.05) is 0 Å². The van der Waals surface area contributed by atoms with Crippen molar-refractivity contribution < 1.29 is 17.6 Å². The molecule has 0 aliphatic carbocycles. The van der Waals surface area contributed by atoms with Gasteiger partial charge >= 0.3 is 0 Å². The summed E-state index contributed by atoms with van der Waals surface area (Å²) >= 11 is 1.27. The summed E-state index contributed by atoms with van der Waals surface area (Å²) in [6, 6.07) is 10.9. The number of carbonyl (C=O) groups excluding carboxylic acids is 1. The molecule has 7 nitrogen and oxygen atoms in total. The lowest BCUT2D eigenvalue weighted by Gasteiger charge is -2.34. The quantitative estimate of drug-likeness (QED) is 0.332. The Balaban J connectivity index is 0.00000400. The summed E-state index contributed by atoms with van der Waals surface area (Å²) in [4.78, 5) is 22.1. The van der Waals surface area contributed by atoms with Gasteiger partial charge in [-0.2, -0.15) is 4.31 Å². The van der Waals surface area contributed by atoms with E-state index in [9.17, 15) is 17.6 Å². The Hall–Kier alpha value is -2.11. The number of fused-ring (bicyclic) bond motifs is 1. The molecular formula is C27H36ClFN4O3S2. The average Bonchev–Trinajstić information content (AvgIpc) is 3.31. The summed E-state index contributed by atoms with van der Waals surface area (Å²) in [6.07, 6.45) is 1.01. The van der Waals surface area contributed by atoms with E-state index in [1.54, 1.807) is 33.5 Å². The third-order valence-electron chi connectivity index (χ3n) is 6.94. The van der Waals surface area contributed by atoms with Gasteiger partial charge in [0.25, 0.3) is 5.91 Å². The van der Waals surface area contributed by atoms with Crippen LogP contribution in [0.15, 0.2) is 47.4 Å². The van der Waals surface area contributed by atoms with Crippen LogP contribution in [-0.4, -0.2) is 67.8 Å². The highest BCUT2D eigenvalue weighted by Crippen LogP contribution is 2.32. The molecule has 0 N–H and O–H groups in total. The lowest BCUT2D eigenvalue weighted by atomic mass is 9.94. The third kappa shape index (κ3) is 6.54. The van der Waals surface area contributed by atoms with Crippen molar-refractivity contribution in [2.45, 2.75) is 39.0 Å². The Bertz CT molecular complexity index is 1340. The van der Waals surface area contributed by atoms with E-state index in [-0.39, 0.29) is 28.7 Å². The number of piperidine rings is 1. The standard InChI is InChI=1S/C27H35FN4O3S2.ClH/c1-5-30(6-2)14-15-32(27-29-25-23(28)8-7-9-24(25)36-27)26(33)21-10-12-22(13-11-21)37(34,35)31-17-19(3)16-20(4)18-31;/h7-13,19-20H,5-6,14-18H2,1-4H3;1H. The summed E-state index contributed by atoms with van der Waals surface area (Å²) in [7, 11) is -3.64. The zero-order chi connectivity index (χ0) is 26.7. The van der Waals surface area contributed by atoms with Crippen molar-refractivity contribution in [3.63, 3.8) is 0 Å². The zero-order valence-electron chi connectivity index (χ0n) is 22.3. The average molecular weight is 583 g/mol. The number of aromatic nitrogens is 1. The Kier molecular flexibility index (Phi) is 10.3. The fourth-order valence-corrected chi connectivity index (χ4v) is 7.64. The molecule has 38 heavy (non-hydrogen) atoms. The minimum Gasteiger partial charge on any atom is -0.302 e. The first-order chi connectivity index (χ1) is 17.6. The van der Waals surface area contributed by atoms with Gasteiger partial charge in [0.15, 0.2) is 5.13 Å². The molecule has 11 heteroatoms. The fraction of sp³-hybridized carbons (Fsp3) is 0.481. The van der Waals surface area contributed by atoms with Crippen molar-refractivity contribution in [2.24, 2.45) is 11.8 Å². The minimum atomic E-state index is -3.64. The highest BCUT2D eigenvalue weighted by molar-refractivity contribution is 7.89. The summed E-state index contributed by atoms with van der Waals surface area (Å²) < 4.78 is 43.1. The maximum Gasteiger partial charge on any atom is 0.260 e. The summed E-state index contributed by atoms with van der Waals surface area (Å²) in [5, 5.41) is 0.422. The number of anilines is 1. The van der Waals surface area contributed by atoms with Gasteiger partial charge in [-0.15, -0.1) is 12.4 Å². The highest BCUT2D eigenvalue weighted by Gasteiger charge is 2.32. The number of rotatable bonds is 9. The van der Waals surface area contributed by atoms with E-state index >= 15 is 0 Å². The second-order valence-electron chi connectivity index (χ2n) is 9.86. The van der Waals surface area contributed by atoms with E-state index in [2.05, 4.69) is 37.6 Å². The van der Waals surface area contributed by atoms with Crippen LogP contribution in [0.2, 0.25) is 0 Å². The van der Waals surface area contributed by atoms with Crippen LogP contribution >= 0.6 is 23.7 Å². The molecule has 2 heterocycles. The topological polar surface area (TPSA) is 73.8 Å². The van der Waals surface area contributed by atoms with E-state index in [1.165, 1.54) is 29.5 Å². The number of amides is 1. The molecule has 208 valence electrons. The molecule has 1 fully saturated rings. The molecule has 2 atom stereocenters. The molecule has 2 aromatic carbocycles. The van der Waals surface area contributed by atoms with Crippen LogP contribution in [0.5, 0.6) is 0 Å². The zero-order valence-corrected chi connectivity index (χ0v) is 24.7. The monoisotopic (exact) mass is 582 g/mol. The van der Waals surface area contributed by atoms with Crippen LogP contribution in [-0.2, 0) is 10.0 Å². The number of hydrogen-bond donors (Lipinski definition) is 0. The van der Waals surface area contributed by atoms with Gasteiger partial charge in [-0.25, -0.2) is 17.8 Å². The number of nitrogens with zero attached hydrogens (tertiary/aromatic N) is 4. The van der Waals surface area contributed by atoms with Gasteiger partial charge < -0.3 is 4.90 Å². The smallest absolute Gasteiger partial charge is 0.260 e. The molecule has 1 aromatic heterocycles. The van der Waals surface area contributed by atoms with Gasteiger partial charge in [-0.1, -0.05) is 45.1 Å². The maximum absolute atomic E-state index is 14.3. The minimum absolute atomic E-state index is 0. The lowest BCUT2D eigenvalue weighted by Crippen LogP contribution is -2.42. The summed E-state index contributed by atoms with van der Waals surface area (Å²) in [5.41, 5.74) is 0.605. The molecule has 2 unspecified atom stereocenters. The lowest BCUT2D eigenvalue weighted by molar-refractivity contribution is 0.0983. The highest BCUT2D eigenvalue weighted by atomic mass is 35.5. The first-order valence-electron chi connectivity index (χ1n) is 12.8. The second kappa shape index (κ2) is 12.8. The Morgan fingerprint density at radius 2 is 1.68 bits per heavy atom. The molecule has 1 amide bonds. The number of thiazole rings is 1. The van der Waals surface area contributed by atoms with E-state index in [0.717, 1.165) is 19.5 Å². The molecule has 3 aromatic rings. The maximum atomic E-state index is 14.3. The number of halogens is 2. The third-order valence-corrected chi connectivity index (χ3v) is 9.83. The predicted octanol–water partition coefficient (Wildman–Crippen LogP) is 5.51. The number of hydrogen-bond acceptors (Lipinski definition) is 6. The molecule has 0 radical (unpaired) electrons. The Morgan fingerprint density at radius 3 is 2.26 bits per heavy atom. The molecule has 1 aliphatic rings. The molecule has 1 saturated heterocycles. The molecule has 1 aliphatic heterocycles. The van der Waals surface area contributed by atoms with Crippen LogP contribution in [0.4, 0.5) is 9.52 Å². The van der Waals surface area contributed by atoms with Crippen LogP contribution in [0.1, 0.15) is 44.5 Å². The molecule has 0 bridgehead atoms. The fourth-order valence-electron chi connectivity index (χ4n) is 4.96. The van der Waals surface area contributed by atoms with Crippen molar-refractivity contribution >= 4 is 55.0 Å². The number of sulfonamides is 1. The van der Waals surface area contributed by atoms with Crippen molar-refractivity contribution in [1.29, 1.82) is 0 Å². The molecule has 0 spiro atoms. The molecule has 0 saturated carbocycles. The first-order valence-corrected chi connectivity index (χ1v) is 15.1. The van der Waals surface area contributed by atoms with Gasteiger partial charge in [0.1, 0.15) is 11.3 Å². The molecule has 4 rings (SSSR count). The van der Waals surface area contributed by atoms with Crippen molar-refractivity contribution in [3.05, 3.63) is 53.8 Å². The predicted molar refractivity (Wildman–Crippen MR) is 154 cm³/mol. The van der Waals surface area contributed by atoms with Crippen LogP contribution < -0.4 is 4.90 Å². The Labute approximate surface area is 235 Å².